The number of aliphatic imine (C=N–C) groups is 2. The Labute approximate surface area is 149 Å². The Balaban J connectivity index is 3.59. The van der Waals surface area contributed by atoms with E-state index in [2.05, 4.69) is 41.4 Å². The van der Waals surface area contributed by atoms with Crippen molar-refractivity contribution in [3.8, 4) is 0 Å². The zero-order valence-corrected chi connectivity index (χ0v) is 16.3. The smallest absolute Gasteiger partial charge is 0.0937 e. The number of nitrogens with zero attached hydrogens (tertiary/aromatic N) is 2. The Morgan fingerprint density at radius 2 is 1.38 bits per heavy atom. The summed E-state index contributed by atoms with van der Waals surface area (Å²) in [5.41, 5.74) is 12.0. The Bertz CT molecular complexity index is 363. The quantitative estimate of drug-likeness (QED) is 0.208. The predicted octanol–water partition coefficient (Wildman–Crippen LogP) is 2.04. The maximum atomic E-state index is 5.96. The molecule has 0 rings (SSSR count). The number of amidine groups is 2. The second-order valence-corrected chi connectivity index (χ2v) is 6.93. The lowest BCUT2D eigenvalue weighted by Gasteiger charge is -2.23. The van der Waals surface area contributed by atoms with Crippen molar-refractivity contribution in [3.05, 3.63) is 0 Å². The summed E-state index contributed by atoms with van der Waals surface area (Å²) < 4.78 is 0. The van der Waals surface area contributed by atoms with Gasteiger partial charge in [-0.2, -0.15) is 0 Å². The predicted molar refractivity (Wildman–Crippen MR) is 107 cm³/mol. The van der Waals surface area contributed by atoms with Crippen LogP contribution < -0.4 is 22.1 Å². The van der Waals surface area contributed by atoms with Crippen LogP contribution in [0.2, 0.25) is 0 Å². The summed E-state index contributed by atoms with van der Waals surface area (Å²) in [5.74, 6) is 1.55. The van der Waals surface area contributed by atoms with E-state index in [4.69, 9.17) is 11.5 Å². The van der Waals surface area contributed by atoms with Crippen molar-refractivity contribution in [1.29, 1.82) is 0 Å². The van der Waals surface area contributed by atoms with Crippen molar-refractivity contribution >= 4 is 11.7 Å². The van der Waals surface area contributed by atoms with Gasteiger partial charge in [0.25, 0.3) is 0 Å². The molecular weight excluding hydrogens is 300 g/mol. The molecule has 6 heteroatoms. The van der Waals surface area contributed by atoms with Gasteiger partial charge in [0.05, 0.1) is 24.8 Å². The van der Waals surface area contributed by atoms with Gasteiger partial charge >= 0.3 is 0 Å². The normalized spacial score (nSPS) is 13.5. The van der Waals surface area contributed by atoms with Crippen LogP contribution in [-0.4, -0.2) is 50.4 Å². The monoisotopic (exact) mass is 340 g/mol. The molecule has 0 aliphatic carbocycles. The lowest BCUT2D eigenvalue weighted by atomic mass is 10.0. The first-order chi connectivity index (χ1) is 11.4. The number of likely N-dealkylation sites (N-methyl/N-ethyl adjacent to an activating group) is 1. The number of unbranched alkanes of at least 4 members (excludes halogenated alkanes) is 3. The van der Waals surface area contributed by atoms with Gasteiger partial charge in [-0.1, -0.05) is 19.8 Å². The van der Waals surface area contributed by atoms with Gasteiger partial charge in [-0.3, -0.25) is 9.98 Å². The molecule has 142 valence electrons. The number of hydrogen-bond donors (Lipinski definition) is 4. The lowest BCUT2D eigenvalue weighted by molar-refractivity contribution is 0.382. The van der Waals surface area contributed by atoms with E-state index < -0.39 is 0 Å². The SMILES string of the molecule is CCC(C)(C)NCCN=C(N)CCCCCCC(N)=NCCNC. The van der Waals surface area contributed by atoms with Gasteiger partial charge in [0.1, 0.15) is 0 Å². The highest BCUT2D eigenvalue weighted by atomic mass is 15.0. The summed E-state index contributed by atoms with van der Waals surface area (Å²) >= 11 is 0. The van der Waals surface area contributed by atoms with Crippen LogP contribution in [0.1, 0.15) is 65.7 Å². The maximum Gasteiger partial charge on any atom is 0.0937 e. The van der Waals surface area contributed by atoms with Gasteiger partial charge in [0, 0.05) is 31.5 Å². The van der Waals surface area contributed by atoms with Crippen molar-refractivity contribution in [3.63, 3.8) is 0 Å². The molecule has 0 aromatic rings. The molecule has 6 N–H and O–H groups in total. The second-order valence-electron chi connectivity index (χ2n) is 6.93. The van der Waals surface area contributed by atoms with Crippen LogP contribution in [0, 0.1) is 0 Å². The number of rotatable bonds is 15. The summed E-state index contributed by atoms with van der Waals surface area (Å²) in [5, 5.41) is 6.54. The van der Waals surface area contributed by atoms with Gasteiger partial charge in [0.2, 0.25) is 0 Å². The highest BCUT2D eigenvalue weighted by molar-refractivity contribution is 5.80. The van der Waals surface area contributed by atoms with E-state index in [0.717, 1.165) is 70.0 Å². The highest BCUT2D eigenvalue weighted by Gasteiger charge is 2.12. The molecule has 0 saturated carbocycles. The Hall–Kier alpha value is -1.14. The molecular formula is C18H40N6. The minimum atomic E-state index is 0.183. The standard InChI is InChI=1S/C18H40N6/c1-5-18(2,3)24-15-14-23-17(20)11-9-7-6-8-10-16(19)22-13-12-21-4/h21,24H,5-15H2,1-4H3,(H2,19,22)(H2,20,23). The zero-order valence-electron chi connectivity index (χ0n) is 16.3. The molecule has 0 atom stereocenters. The minimum Gasteiger partial charge on any atom is -0.387 e. The molecule has 0 spiro atoms. The molecule has 0 bridgehead atoms. The molecule has 0 saturated heterocycles. The van der Waals surface area contributed by atoms with Crippen LogP contribution in [0.3, 0.4) is 0 Å². The Morgan fingerprint density at radius 3 is 1.83 bits per heavy atom. The van der Waals surface area contributed by atoms with Crippen molar-refractivity contribution in [2.45, 2.75) is 71.3 Å². The van der Waals surface area contributed by atoms with E-state index in [1.807, 2.05) is 7.05 Å². The van der Waals surface area contributed by atoms with E-state index in [-0.39, 0.29) is 5.54 Å². The summed E-state index contributed by atoms with van der Waals surface area (Å²) in [6.45, 7) is 9.88. The lowest BCUT2D eigenvalue weighted by Crippen LogP contribution is -2.40. The summed E-state index contributed by atoms with van der Waals surface area (Å²) in [6.07, 6.45) is 7.43. The third-order valence-electron chi connectivity index (χ3n) is 4.21. The van der Waals surface area contributed by atoms with Gasteiger partial charge in [0.15, 0.2) is 0 Å². The molecule has 0 fully saturated rings. The number of hydrogen-bond acceptors (Lipinski definition) is 4. The van der Waals surface area contributed by atoms with E-state index in [1.165, 1.54) is 12.8 Å². The third-order valence-corrected chi connectivity index (χ3v) is 4.21. The van der Waals surface area contributed by atoms with Crippen molar-refractivity contribution in [1.82, 2.24) is 10.6 Å². The largest absolute Gasteiger partial charge is 0.387 e. The second kappa shape index (κ2) is 14.2. The first kappa shape index (κ1) is 22.9. The van der Waals surface area contributed by atoms with Crippen LogP contribution in [0.25, 0.3) is 0 Å². The van der Waals surface area contributed by atoms with E-state index in [0.29, 0.717) is 0 Å². The van der Waals surface area contributed by atoms with Crippen LogP contribution in [0.5, 0.6) is 0 Å². The maximum absolute atomic E-state index is 5.96. The van der Waals surface area contributed by atoms with Gasteiger partial charge < -0.3 is 22.1 Å². The molecule has 0 radical (unpaired) electrons. The number of nitrogens with one attached hydrogen (secondary N) is 2. The fourth-order valence-corrected chi connectivity index (χ4v) is 2.15. The molecule has 0 heterocycles. The van der Waals surface area contributed by atoms with Crippen molar-refractivity contribution in [2.75, 3.05) is 33.2 Å². The van der Waals surface area contributed by atoms with Crippen molar-refractivity contribution < 1.29 is 0 Å². The van der Waals surface area contributed by atoms with Gasteiger partial charge in [-0.05, 0) is 40.2 Å². The van der Waals surface area contributed by atoms with Crippen molar-refractivity contribution in [2.24, 2.45) is 21.5 Å². The van der Waals surface area contributed by atoms with Crippen LogP contribution in [0.4, 0.5) is 0 Å². The highest BCUT2D eigenvalue weighted by Crippen LogP contribution is 2.06. The van der Waals surface area contributed by atoms with Crippen LogP contribution >= 0.6 is 0 Å². The van der Waals surface area contributed by atoms with Crippen LogP contribution in [-0.2, 0) is 0 Å². The number of nitrogens with two attached hydrogens (primary N) is 2. The summed E-state index contributed by atoms with van der Waals surface area (Å²) in [7, 11) is 1.92. The molecule has 6 nitrogen and oxygen atoms in total. The summed E-state index contributed by atoms with van der Waals surface area (Å²) in [6, 6.07) is 0. The fraction of sp³-hybridized carbons (Fsp3) is 0.889. The fourth-order valence-electron chi connectivity index (χ4n) is 2.15. The molecule has 0 aromatic carbocycles. The average molecular weight is 341 g/mol. The summed E-state index contributed by atoms with van der Waals surface area (Å²) in [4.78, 5) is 8.75. The van der Waals surface area contributed by atoms with E-state index in [9.17, 15) is 0 Å². The zero-order chi connectivity index (χ0) is 18.3. The van der Waals surface area contributed by atoms with E-state index in [1.54, 1.807) is 0 Å². The van der Waals surface area contributed by atoms with E-state index >= 15 is 0 Å². The molecule has 24 heavy (non-hydrogen) atoms. The first-order valence-electron chi connectivity index (χ1n) is 9.38. The third kappa shape index (κ3) is 14.5. The Morgan fingerprint density at radius 1 is 0.875 bits per heavy atom. The molecule has 0 aliphatic heterocycles. The Kier molecular flexibility index (Phi) is 13.5. The molecule has 0 unspecified atom stereocenters. The van der Waals surface area contributed by atoms with Gasteiger partial charge in [-0.25, -0.2) is 0 Å². The molecule has 0 aliphatic rings. The average Bonchev–Trinajstić information content (AvgIpc) is 2.55. The molecule has 0 amide bonds. The molecule has 0 aromatic heterocycles. The van der Waals surface area contributed by atoms with Gasteiger partial charge in [-0.15, -0.1) is 0 Å². The first-order valence-corrected chi connectivity index (χ1v) is 9.38. The minimum absolute atomic E-state index is 0.183. The topological polar surface area (TPSA) is 101 Å². The van der Waals surface area contributed by atoms with Crippen LogP contribution in [0.15, 0.2) is 9.98 Å².